The predicted molar refractivity (Wildman–Crippen MR) is 120 cm³/mol. The smallest absolute Gasteiger partial charge is 0.336 e. The average molecular weight is 507 g/mol. The molecule has 2 rings (SSSR count). The molecule has 1 heterocycles. The fraction of sp³-hybridized carbons (Fsp3) is 0.450. The van der Waals surface area contributed by atoms with Crippen molar-refractivity contribution in [2.24, 2.45) is 16.0 Å². The van der Waals surface area contributed by atoms with Crippen molar-refractivity contribution < 1.29 is 32.2 Å². The Labute approximate surface area is 196 Å². The number of nitrogens with zero attached hydrogens (tertiary/aromatic N) is 1. The molecule has 1 aliphatic rings. The molecule has 176 valence electrons. The van der Waals surface area contributed by atoms with Crippen molar-refractivity contribution in [2.45, 2.75) is 19.8 Å². The third kappa shape index (κ3) is 6.29. The molecule has 1 aliphatic heterocycles. The van der Waals surface area contributed by atoms with E-state index in [1.165, 1.54) is 7.11 Å². The Morgan fingerprint density at radius 3 is 2.53 bits per heavy atom. The summed E-state index contributed by atoms with van der Waals surface area (Å²) in [7, 11) is -2.50. The Morgan fingerprint density at radius 1 is 1.25 bits per heavy atom. The van der Waals surface area contributed by atoms with Crippen molar-refractivity contribution in [3.05, 3.63) is 45.1 Å². The van der Waals surface area contributed by atoms with Crippen LogP contribution >= 0.6 is 23.2 Å². The number of aliphatic imine (C=N–C) groups is 1. The van der Waals surface area contributed by atoms with Crippen molar-refractivity contribution in [3.63, 3.8) is 0 Å². The Kier molecular flexibility index (Phi) is 9.23. The van der Waals surface area contributed by atoms with Gasteiger partial charge in [0, 0.05) is 11.6 Å². The molecule has 0 amide bonds. The summed E-state index contributed by atoms with van der Waals surface area (Å²) in [6.45, 7) is 2.89. The number of rotatable bonds is 9. The van der Waals surface area contributed by atoms with Gasteiger partial charge in [0.25, 0.3) is 0 Å². The van der Waals surface area contributed by atoms with Crippen LogP contribution in [0, 0.1) is 5.92 Å². The van der Waals surface area contributed by atoms with Crippen LogP contribution in [-0.4, -0.2) is 58.8 Å². The van der Waals surface area contributed by atoms with Gasteiger partial charge in [-0.05, 0) is 25.5 Å². The zero-order valence-electron chi connectivity index (χ0n) is 17.8. The summed E-state index contributed by atoms with van der Waals surface area (Å²) >= 11 is 12.6. The molecule has 9 nitrogen and oxygen atoms in total. The van der Waals surface area contributed by atoms with Crippen LogP contribution in [0.4, 0.5) is 0 Å². The highest BCUT2D eigenvalue weighted by Gasteiger charge is 2.44. The zero-order valence-corrected chi connectivity index (χ0v) is 20.1. The fourth-order valence-corrected chi connectivity index (χ4v) is 4.14. The van der Waals surface area contributed by atoms with Gasteiger partial charge in [-0.1, -0.05) is 35.3 Å². The lowest BCUT2D eigenvalue weighted by Crippen LogP contribution is -2.37. The van der Waals surface area contributed by atoms with Gasteiger partial charge in [0.05, 0.1) is 54.0 Å². The van der Waals surface area contributed by atoms with Crippen LogP contribution < -0.4 is 5.14 Å². The van der Waals surface area contributed by atoms with E-state index in [2.05, 4.69) is 4.99 Å². The van der Waals surface area contributed by atoms with Crippen molar-refractivity contribution in [3.8, 4) is 0 Å². The molecule has 32 heavy (non-hydrogen) atoms. The molecule has 1 aromatic rings. The van der Waals surface area contributed by atoms with Crippen LogP contribution in [0.3, 0.4) is 0 Å². The summed E-state index contributed by atoms with van der Waals surface area (Å²) < 4.78 is 37.9. The molecule has 2 atom stereocenters. The van der Waals surface area contributed by atoms with Crippen LogP contribution in [0.25, 0.3) is 0 Å². The third-order valence-corrected chi connectivity index (χ3v) is 6.30. The molecule has 2 N–H and O–H groups in total. The van der Waals surface area contributed by atoms with Gasteiger partial charge < -0.3 is 14.2 Å². The molecule has 0 spiro atoms. The first kappa shape index (κ1) is 26.3. The third-order valence-electron chi connectivity index (χ3n) is 4.73. The number of hydrogen-bond donors (Lipinski definition) is 1. The van der Waals surface area contributed by atoms with Crippen LogP contribution in [0.1, 0.15) is 25.3 Å². The van der Waals surface area contributed by atoms with Crippen LogP contribution in [0.5, 0.6) is 0 Å². The molecule has 1 aromatic carbocycles. The second-order valence-electron chi connectivity index (χ2n) is 6.88. The van der Waals surface area contributed by atoms with E-state index in [4.69, 9.17) is 42.6 Å². The van der Waals surface area contributed by atoms with Crippen LogP contribution in [0.2, 0.25) is 10.0 Å². The first-order chi connectivity index (χ1) is 15.0. The lowest BCUT2D eigenvalue weighted by atomic mass is 9.75. The quantitative estimate of drug-likeness (QED) is 0.401. The number of halogens is 2. The normalized spacial score (nSPS) is 18.9. The minimum Gasteiger partial charge on any atom is -0.468 e. The molecular weight excluding hydrogens is 483 g/mol. The minimum atomic E-state index is -3.73. The number of hydrogen-bond acceptors (Lipinski definition) is 8. The summed E-state index contributed by atoms with van der Waals surface area (Å²) in [6.07, 6.45) is 0. The maximum Gasteiger partial charge on any atom is 0.336 e. The molecule has 2 unspecified atom stereocenters. The summed E-state index contributed by atoms with van der Waals surface area (Å²) in [4.78, 5) is 30.1. The standard InChI is InChI=1S/C20H24Cl2N2O7S/c1-4-31-20(26)17-14(10-30-8-9-32(23,27)28)24-11(2)15(19(25)29-3)16(17)12-6-5-7-13(21)18(12)22/h5-7,15-16H,4,8-10H2,1-3H3,(H2,23,27,28). The highest BCUT2D eigenvalue weighted by molar-refractivity contribution is 7.89. The van der Waals surface area contributed by atoms with E-state index in [1.807, 2.05) is 0 Å². The number of sulfonamides is 1. The number of ether oxygens (including phenoxy) is 3. The van der Waals surface area contributed by atoms with E-state index >= 15 is 0 Å². The zero-order chi connectivity index (χ0) is 24.1. The molecule has 0 saturated carbocycles. The second-order valence-corrected chi connectivity index (χ2v) is 9.39. The van der Waals surface area contributed by atoms with E-state index < -0.39 is 39.6 Å². The van der Waals surface area contributed by atoms with Gasteiger partial charge in [-0.3, -0.25) is 9.79 Å². The SMILES string of the molecule is CCOC(=O)C1=C(COCCS(N)(=O)=O)N=C(C)C(C(=O)OC)C1c1cccc(Cl)c1Cl. The van der Waals surface area contributed by atoms with Gasteiger partial charge in [0.1, 0.15) is 5.92 Å². The summed E-state index contributed by atoms with van der Waals surface area (Å²) in [5, 5.41) is 5.39. The summed E-state index contributed by atoms with van der Waals surface area (Å²) in [5.74, 6) is -3.64. The minimum absolute atomic E-state index is 0.0487. The molecule has 0 fully saturated rings. The van der Waals surface area contributed by atoms with E-state index in [-0.39, 0.29) is 41.1 Å². The number of carbonyl (C=O) groups excluding carboxylic acids is 2. The molecule has 0 saturated heterocycles. The monoisotopic (exact) mass is 506 g/mol. The Bertz CT molecular complexity index is 1050. The predicted octanol–water partition coefficient (Wildman–Crippen LogP) is 2.46. The van der Waals surface area contributed by atoms with Gasteiger partial charge in [-0.2, -0.15) is 0 Å². The van der Waals surface area contributed by atoms with Crippen LogP contribution in [-0.2, 0) is 33.8 Å². The highest BCUT2D eigenvalue weighted by Crippen LogP contribution is 2.44. The second kappa shape index (κ2) is 11.2. The van der Waals surface area contributed by atoms with E-state index in [0.717, 1.165) is 0 Å². The highest BCUT2D eigenvalue weighted by atomic mass is 35.5. The lowest BCUT2D eigenvalue weighted by molar-refractivity contribution is -0.144. The average Bonchev–Trinajstić information content (AvgIpc) is 2.71. The van der Waals surface area contributed by atoms with E-state index in [9.17, 15) is 18.0 Å². The van der Waals surface area contributed by atoms with Crippen molar-refractivity contribution >= 4 is 50.9 Å². The number of esters is 2. The molecule has 0 aromatic heterocycles. The first-order valence-electron chi connectivity index (χ1n) is 9.57. The maximum atomic E-state index is 13.0. The van der Waals surface area contributed by atoms with Gasteiger partial charge in [-0.25, -0.2) is 18.4 Å². The van der Waals surface area contributed by atoms with Crippen molar-refractivity contribution in [1.82, 2.24) is 0 Å². The number of methoxy groups -OCH3 is 1. The number of primary sulfonamides is 1. The maximum absolute atomic E-state index is 13.0. The van der Waals surface area contributed by atoms with E-state index in [0.29, 0.717) is 11.3 Å². The van der Waals surface area contributed by atoms with Crippen LogP contribution in [0.15, 0.2) is 34.5 Å². The molecule has 12 heteroatoms. The van der Waals surface area contributed by atoms with Gasteiger partial charge in [0.15, 0.2) is 0 Å². The largest absolute Gasteiger partial charge is 0.468 e. The topological polar surface area (TPSA) is 134 Å². The molecule has 0 radical (unpaired) electrons. The first-order valence-corrected chi connectivity index (χ1v) is 12.0. The molecule has 0 aliphatic carbocycles. The number of benzene rings is 1. The number of nitrogens with two attached hydrogens (primary N) is 1. The van der Waals surface area contributed by atoms with Gasteiger partial charge >= 0.3 is 11.9 Å². The Morgan fingerprint density at radius 2 is 1.94 bits per heavy atom. The molecule has 0 bridgehead atoms. The number of carbonyl (C=O) groups is 2. The van der Waals surface area contributed by atoms with Gasteiger partial charge in [0.2, 0.25) is 10.0 Å². The summed E-state index contributed by atoms with van der Waals surface area (Å²) in [6, 6.07) is 4.87. The van der Waals surface area contributed by atoms with Gasteiger partial charge in [-0.15, -0.1) is 0 Å². The summed E-state index contributed by atoms with van der Waals surface area (Å²) in [5.41, 5.74) is 0.995. The Balaban J connectivity index is 2.63. The van der Waals surface area contributed by atoms with E-state index in [1.54, 1.807) is 32.0 Å². The fourth-order valence-electron chi connectivity index (χ4n) is 3.37. The lowest BCUT2D eigenvalue weighted by Gasteiger charge is -2.32. The molecular formula is C20H24Cl2N2O7S. The Hall–Kier alpha value is -1.98. The van der Waals surface area contributed by atoms with Crippen molar-refractivity contribution in [2.75, 3.05) is 32.7 Å². The van der Waals surface area contributed by atoms with Crippen molar-refractivity contribution in [1.29, 1.82) is 0 Å².